The number of quaternary nitrogens is 1. The van der Waals surface area contributed by atoms with Crippen LogP contribution in [0.15, 0.2) is 54.6 Å². The van der Waals surface area contributed by atoms with Crippen LogP contribution >= 0.6 is 0 Å². The molecule has 4 rings (SSSR count). The number of likely N-dealkylation sites (tertiary alicyclic amines) is 1. The van der Waals surface area contributed by atoms with Gasteiger partial charge in [-0.2, -0.15) is 0 Å². The fourth-order valence-corrected chi connectivity index (χ4v) is 4.46. The van der Waals surface area contributed by atoms with E-state index in [4.69, 9.17) is 0 Å². The second kappa shape index (κ2) is 7.65. The Morgan fingerprint density at radius 3 is 2.30 bits per heavy atom. The Hall–Kier alpha value is -2.46. The van der Waals surface area contributed by atoms with Crippen LogP contribution in [0, 0.1) is 12.8 Å². The standard InChI is InChI=1S/C23H26N2O2/c1-17-7-9-20(10-8-17)25-22(26)16-21(23(25)27)24-13-11-19(12-14-24)15-18-5-3-2-4-6-18/h2-10,19,21H,11-16H2,1H3/p+1/t21-/m1/s1. The summed E-state index contributed by atoms with van der Waals surface area (Å²) in [4.78, 5) is 28.2. The Morgan fingerprint density at radius 1 is 0.963 bits per heavy atom. The zero-order valence-electron chi connectivity index (χ0n) is 15.9. The van der Waals surface area contributed by atoms with E-state index in [-0.39, 0.29) is 17.9 Å². The van der Waals surface area contributed by atoms with Crippen molar-refractivity contribution >= 4 is 17.5 Å². The molecule has 2 aromatic carbocycles. The van der Waals surface area contributed by atoms with Gasteiger partial charge in [-0.05, 0) is 49.8 Å². The quantitative estimate of drug-likeness (QED) is 0.846. The molecule has 1 atom stereocenters. The number of nitrogens with zero attached hydrogens (tertiary/aromatic N) is 1. The molecule has 0 aromatic heterocycles. The molecule has 0 saturated carbocycles. The van der Waals surface area contributed by atoms with E-state index in [1.807, 2.05) is 31.2 Å². The highest BCUT2D eigenvalue weighted by Gasteiger charge is 2.46. The Balaban J connectivity index is 1.38. The van der Waals surface area contributed by atoms with Crippen molar-refractivity contribution in [3.8, 4) is 0 Å². The van der Waals surface area contributed by atoms with Gasteiger partial charge in [0.25, 0.3) is 5.91 Å². The molecular weight excluding hydrogens is 336 g/mol. The zero-order valence-corrected chi connectivity index (χ0v) is 15.9. The highest BCUT2D eigenvalue weighted by molar-refractivity contribution is 6.21. The van der Waals surface area contributed by atoms with Gasteiger partial charge in [-0.1, -0.05) is 48.0 Å². The summed E-state index contributed by atoms with van der Waals surface area (Å²) in [7, 11) is 0. The summed E-state index contributed by atoms with van der Waals surface area (Å²) >= 11 is 0. The number of amides is 2. The lowest BCUT2D eigenvalue weighted by Gasteiger charge is -2.32. The third kappa shape index (κ3) is 3.81. The normalized spacial score (nSPS) is 25.8. The fourth-order valence-electron chi connectivity index (χ4n) is 4.46. The Morgan fingerprint density at radius 2 is 1.63 bits per heavy atom. The lowest BCUT2D eigenvalue weighted by atomic mass is 9.89. The summed E-state index contributed by atoms with van der Waals surface area (Å²) in [6.07, 6.45) is 3.69. The van der Waals surface area contributed by atoms with Crippen LogP contribution in [0.4, 0.5) is 5.69 Å². The Kier molecular flexibility index (Phi) is 5.08. The first kappa shape index (κ1) is 17.9. The minimum atomic E-state index is -0.212. The molecule has 2 fully saturated rings. The van der Waals surface area contributed by atoms with Crippen LogP contribution in [0.25, 0.3) is 0 Å². The average Bonchev–Trinajstić information content (AvgIpc) is 2.98. The van der Waals surface area contributed by atoms with Gasteiger partial charge in [0.15, 0.2) is 6.04 Å². The predicted molar refractivity (Wildman–Crippen MR) is 106 cm³/mol. The summed E-state index contributed by atoms with van der Waals surface area (Å²) in [6.45, 7) is 3.95. The number of benzene rings is 2. The van der Waals surface area contributed by atoms with Gasteiger partial charge in [0, 0.05) is 0 Å². The van der Waals surface area contributed by atoms with Crippen LogP contribution < -0.4 is 9.80 Å². The summed E-state index contributed by atoms with van der Waals surface area (Å²) in [5.74, 6) is 0.588. The van der Waals surface area contributed by atoms with E-state index in [1.165, 1.54) is 15.4 Å². The summed E-state index contributed by atoms with van der Waals surface area (Å²) < 4.78 is 0. The lowest BCUT2D eigenvalue weighted by Crippen LogP contribution is -3.17. The number of carbonyl (C=O) groups is 2. The second-order valence-electron chi connectivity index (χ2n) is 7.95. The molecule has 27 heavy (non-hydrogen) atoms. The molecule has 2 aromatic rings. The maximum atomic E-state index is 13.0. The van der Waals surface area contributed by atoms with E-state index < -0.39 is 0 Å². The van der Waals surface area contributed by atoms with E-state index in [0.717, 1.165) is 37.9 Å². The highest BCUT2D eigenvalue weighted by atomic mass is 16.2. The number of piperidine rings is 1. The van der Waals surface area contributed by atoms with Gasteiger partial charge < -0.3 is 4.90 Å². The number of nitrogens with one attached hydrogen (secondary N) is 1. The van der Waals surface area contributed by atoms with Crippen LogP contribution in [0.2, 0.25) is 0 Å². The molecule has 0 aliphatic carbocycles. The number of hydrogen-bond acceptors (Lipinski definition) is 2. The molecule has 2 aliphatic rings. The zero-order chi connectivity index (χ0) is 18.8. The summed E-state index contributed by atoms with van der Waals surface area (Å²) in [5.41, 5.74) is 3.22. The van der Waals surface area contributed by atoms with Gasteiger partial charge in [-0.25, -0.2) is 4.90 Å². The van der Waals surface area contributed by atoms with E-state index >= 15 is 0 Å². The van der Waals surface area contributed by atoms with Crippen molar-refractivity contribution in [1.82, 2.24) is 0 Å². The third-order valence-corrected chi connectivity index (χ3v) is 6.05. The molecule has 2 amide bonds. The number of hydrogen-bond donors (Lipinski definition) is 1. The smallest absolute Gasteiger partial charge is 0.292 e. The van der Waals surface area contributed by atoms with Crippen molar-refractivity contribution in [2.45, 2.75) is 38.6 Å². The number of imide groups is 1. The van der Waals surface area contributed by atoms with Crippen molar-refractivity contribution in [2.24, 2.45) is 5.92 Å². The number of rotatable bonds is 4. The van der Waals surface area contributed by atoms with Gasteiger partial charge in [-0.15, -0.1) is 0 Å². The van der Waals surface area contributed by atoms with Gasteiger partial charge in [0.1, 0.15) is 0 Å². The van der Waals surface area contributed by atoms with Crippen LogP contribution in [0.1, 0.15) is 30.4 Å². The molecule has 140 valence electrons. The molecule has 0 spiro atoms. The van der Waals surface area contributed by atoms with Crippen LogP contribution in [0.5, 0.6) is 0 Å². The van der Waals surface area contributed by atoms with Gasteiger partial charge >= 0.3 is 0 Å². The van der Waals surface area contributed by atoms with E-state index in [0.29, 0.717) is 18.0 Å². The highest BCUT2D eigenvalue weighted by Crippen LogP contribution is 2.23. The van der Waals surface area contributed by atoms with Crippen LogP contribution in [-0.4, -0.2) is 30.9 Å². The summed E-state index contributed by atoms with van der Waals surface area (Å²) in [6, 6.07) is 18.1. The van der Waals surface area contributed by atoms with Crippen molar-refractivity contribution in [2.75, 3.05) is 18.0 Å². The van der Waals surface area contributed by atoms with Crippen molar-refractivity contribution in [3.63, 3.8) is 0 Å². The van der Waals surface area contributed by atoms with E-state index in [2.05, 4.69) is 30.3 Å². The monoisotopic (exact) mass is 363 g/mol. The Bertz CT molecular complexity index is 808. The van der Waals surface area contributed by atoms with Gasteiger partial charge in [0.05, 0.1) is 25.2 Å². The first-order valence-corrected chi connectivity index (χ1v) is 9.94. The molecule has 2 aliphatic heterocycles. The molecule has 0 radical (unpaired) electrons. The lowest BCUT2D eigenvalue weighted by molar-refractivity contribution is -0.920. The first-order valence-electron chi connectivity index (χ1n) is 9.94. The maximum absolute atomic E-state index is 13.0. The second-order valence-corrected chi connectivity index (χ2v) is 7.95. The number of anilines is 1. The molecule has 4 heteroatoms. The van der Waals surface area contributed by atoms with E-state index in [1.54, 1.807) is 0 Å². The largest absolute Gasteiger partial charge is 0.324 e. The van der Waals surface area contributed by atoms with Crippen molar-refractivity contribution in [1.29, 1.82) is 0 Å². The molecule has 2 saturated heterocycles. The van der Waals surface area contributed by atoms with Crippen molar-refractivity contribution in [3.05, 3.63) is 65.7 Å². The molecule has 1 N–H and O–H groups in total. The molecule has 4 nitrogen and oxygen atoms in total. The van der Waals surface area contributed by atoms with Crippen LogP contribution in [0.3, 0.4) is 0 Å². The predicted octanol–water partition coefficient (Wildman–Crippen LogP) is 2.16. The molecule has 0 unspecified atom stereocenters. The van der Waals surface area contributed by atoms with Gasteiger partial charge in [0.2, 0.25) is 5.91 Å². The van der Waals surface area contributed by atoms with E-state index in [9.17, 15) is 9.59 Å². The SMILES string of the molecule is Cc1ccc(N2C(=O)C[C@@H]([NH+]3CCC(Cc4ccccc4)CC3)C2=O)cc1. The van der Waals surface area contributed by atoms with Gasteiger partial charge in [-0.3, -0.25) is 9.59 Å². The molecule has 2 heterocycles. The Labute approximate surface area is 160 Å². The average molecular weight is 363 g/mol. The third-order valence-electron chi connectivity index (χ3n) is 6.05. The van der Waals surface area contributed by atoms with Crippen LogP contribution in [-0.2, 0) is 16.0 Å². The molecule has 0 bridgehead atoms. The maximum Gasteiger partial charge on any atom is 0.292 e. The number of carbonyl (C=O) groups excluding carboxylic acids is 2. The minimum Gasteiger partial charge on any atom is -0.324 e. The fraction of sp³-hybridized carbons (Fsp3) is 0.391. The first-order chi connectivity index (χ1) is 13.1. The topological polar surface area (TPSA) is 41.8 Å². The van der Waals surface area contributed by atoms with Crippen molar-refractivity contribution < 1.29 is 14.5 Å². The number of aryl methyl sites for hydroxylation is 1. The molecular formula is C23H27N2O2+. The summed E-state index contributed by atoms with van der Waals surface area (Å²) in [5, 5.41) is 0. The minimum absolute atomic E-state index is 0.0274.